The largest absolute Gasteiger partial charge is 0.495 e. The summed E-state index contributed by atoms with van der Waals surface area (Å²) >= 11 is 0. The zero-order valence-corrected chi connectivity index (χ0v) is 19.5. The summed E-state index contributed by atoms with van der Waals surface area (Å²) in [5.74, 6) is 0.656. The molecule has 33 heavy (non-hydrogen) atoms. The number of anilines is 1. The molecule has 0 amide bonds. The lowest BCUT2D eigenvalue weighted by molar-refractivity contribution is 0.0535. The second-order valence-electron chi connectivity index (χ2n) is 9.71. The van der Waals surface area contributed by atoms with Crippen molar-refractivity contribution >= 4 is 11.7 Å². The highest BCUT2D eigenvalue weighted by Crippen LogP contribution is 2.44. The molecule has 0 saturated carbocycles. The number of likely N-dealkylation sites (tertiary alicyclic amines) is 1. The molecule has 2 aromatic rings. The van der Waals surface area contributed by atoms with E-state index in [0.717, 1.165) is 61.7 Å². The molecule has 0 N–H and O–H groups in total. The van der Waals surface area contributed by atoms with E-state index in [0.29, 0.717) is 17.6 Å². The molecule has 6 nitrogen and oxygen atoms in total. The Kier molecular flexibility index (Phi) is 5.76. The first-order valence-corrected chi connectivity index (χ1v) is 11.9. The van der Waals surface area contributed by atoms with Gasteiger partial charge in [-0.05, 0) is 86.5 Å². The number of rotatable bonds is 5. The molecule has 2 saturated heterocycles. The van der Waals surface area contributed by atoms with Crippen molar-refractivity contribution in [2.75, 3.05) is 44.7 Å². The fourth-order valence-electron chi connectivity index (χ4n) is 5.75. The number of hydrogen-bond donors (Lipinski definition) is 0. The van der Waals surface area contributed by atoms with E-state index in [4.69, 9.17) is 9.47 Å². The second-order valence-corrected chi connectivity index (χ2v) is 9.71. The van der Waals surface area contributed by atoms with Crippen LogP contribution in [0.25, 0.3) is 0 Å². The summed E-state index contributed by atoms with van der Waals surface area (Å²) in [6, 6.07) is 12.0. The summed E-state index contributed by atoms with van der Waals surface area (Å²) in [5.41, 5.74) is 6.42. The Bertz CT molecular complexity index is 1110. The molecule has 1 spiro atoms. The van der Waals surface area contributed by atoms with Gasteiger partial charge >= 0.3 is 5.97 Å². The molecule has 3 heterocycles. The normalized spacial score (nSPS) is 19.4. The maximum Gasteiger partial charge on any atom is 0.338 e. The zero-order valence-electron chi connectivity index (χ0n) is 19.5. The smallest absolute Gasteiger partial charge is 0.338 e. The van der Waals surface area contributed by atoms with E-state index in [-0.39, 0.29) is 5.97 Å². The molecule has 3 aliphatic rings. The van der Waals surface area contributed by atoms with E-state index >= 15 is 0 Å². The van der Waals surface area contributed by atoms with Crippen LogP contribution in [0, 0.1) is 23.7 Å². The number of nitriles is 1. The third-order valence-electron chi connectivity index (χ3n) is 7.98. The van der Waals surface area contributed by atoms with Gasteiger partial charge in [-0.3, -0.25) is 0 Å². The summed E-state index contributed by atoms with van der Waals surface area (Å²) in [4.78, 5) is 16.8. The van der Waals surface area contributed by atoms with Crippen LogP contribution in [0.15, 0.2) is 30.3 Å². The highest BCUT2D eigenvalue weighted by Gasteiger charge is 2.41. The van der Waals surface area contributed by atoms with E-state index < -0.39 is 0 Å². The second kappa shape index (κ2) is 8.72. The SMILES string of the molecule is COc1ccc(C#N)cc1N1CCC2(CCN(CCc3ccc4c(c3C)COC4=O)CC2)C1. The fraction of sp³-hybridized carbons (Fsp3) is 0.481. The standard InChI is InChI=1S/C27H31N3O3/c1-19-21(4-5-22-23(19)17-33-26(22)31)7-11-29-12-8-27(9-13-29)10-14-30(18-27)24-15-20(16-28)3-6-25(24)32-2/h3-6,15H,7-14,17-18H2,1-2H3. The van der Waals surface area contributed by atoms with Crippen LogP contribution in [-0.4, -0.2) is 50.7 Å². The Hall–Kier alpha value is -3.04. The Morgan fingerprint density at radius 3 is 2.70 bits per heavy atom. The van der Waals surface area contributed by atoms with E-state index in [1.807, 2.05) is 24.3 Å². The predicted molar refractivity (Wildman–Crippen MR) is 127 cm³/mol. The third kappa shape index (κ3) is 4.06. The number of carbonyl (C=O) groups excluding carboxylic acids is 1. The molecular formula is C27H31N3O3. The molecule has 172 valence electrons. The number of esters is 1. The summed E-state index contributed by atoms with van der Waals surface area (Å²) < 4.78 is 10.8. The summed E-state index contributed by atoms with van der Waals surface area (Å²) in [6.45, 7) is 7.86. The third-order valence-corrected chi connectivity index (χ3v) is 7.98. The van der Waals surface area contributed by atoms with Crippen LogP contribution < -0.4 is 9.64 Å². The fourth-order valence-corrected chi connectivity index (χ4v) is 5.75. The van der Waals surface area contributed by atoms with Gasteiger partial charge in [-0.2, -0.15) is 5.26 Å². The number of cyclic esters (lactones) is 1. The molecule has 0 atom stereocenters. The van der Waals surface area contributed by atoms with Crippen molar-refractivity contribution in [3.8, 4) is 11.8 Å². The van der Waals surface area contributed by atoms with Crippen molar-refractivity contribution in [2.45, 2.75) is 39.2 Å². The first-order valence-electron chi connectivity index (χ1n) is 11.9. The number of nitrogens with zero attached hydrogens (tertiary/aromatic N) is 3. The Morgan fingerprint density at radius 1 is 1.15 bits per heavy atom. The first-order chi connectivity index (χ1) is 16.0. The molecular weight excluding hydrogens is 414 g/mol. The van der Waals surface area contributed by atoms with E-state index in [1.54, 1.807) is 7.11 Å². The van der Waals surface area contributed by atoms with E-state index in [1.165, 1.54) is 30.4 Å². The van der Waals surface area contributed by atoms with Crippen LogP contribution in [-0.2, 0) is 17.8 Å². The molecule has 6 heteroatoms. The van der Waals surface area contributed by atoms with Gasteiger partial charge in [0.25, 0.3) is 0 Å². The maximum atomic E-state index is 11.8. The predicted octanol–water partition coefficient (Wildman–Crippen LogP) is 4.08. The van der Waals surface area contributed by atoms with Crippen molar-refractivity contribution < 1.29 is 14.3 Å². The molecule has 2 fully saturated rings. The lowest BCUT2D eigenvalue weighted by Gasteiger charge is -2.39. The molecule has 0 bridgehead atoms. The molecule has 0 aromatic heterocycles. The van der Waals surface area contributed by atoms with Gasteiger partial charge in [0.05, 0.1) is 30.0 Å². The average Bonchev–Trinajstić information content (AvgIpc) is 3.43. The van der Waals surface area contributed by atoms with Crippen LogP contribution in [0.5, 0.6) is 5.75 Å². The number of fused-ring (bicyclic) bond motifs is 1. The summed E-state index contributed by atoms with van der Waals surface area (Å²) in [6.07, 6.45) is 4.61. The average molecular weight is 446 g/mol. The number of piperidine rings is 1. The number of ether oxygens (including phenoxy) is 2. The monoisotopic (exact) mass is 445 g/mol. The van der Waals surface area contributed by atoms with Crippen LogP contribution in [0.1, 0.15) is 51.9 Å². The number of carbonyl (C=O) groups is 1. The quantitative estimate of drug-likeness (QED) is 0.646. The topological polar surface area (TPSA) is 65.8 Å². The lowest BCUT2D eigenvalue weighted by atomic mass is 9.77. The lowest BCUT2D eigenvalue weighted by Crippen LogP contribution is -2.42. The van der Waals surface area contributed by atoms with Gasteiger partial charge in [0.1, 0.15) is 12.4 Å². The first kappa shape index (κ1) is 21.8. The van der Waals surface area contributed by atoms with Crippen molar-refractivity contribution in [2.24, 2.45) is 5.41 Å². The molecule has 0 aliphatic carbocycles. The highest BCUT2D eigenvalue weighted by atomic mass is 16.5. The van der Waals surface area contributed by atoms with Crippen LogP contribution in [0.3, 0.4) is 0 Å². The van der Waals surface area contributed by atoms with Gasteiger partial charge in [-0.1, -0.05) is 6.07 Å². The van der Waals surface area contributed by atoms with Crippen LogP contribution in [0.4, 0.5) is 5.69 Å². The minimum absolute atomic E-state index is 0.191. The molecule has 5 rings (SSSR count). The summed E-state index contributed by atoms with van der Waals surface area (Å²) in [7, 11) is 1.70. The van der Waals surface area contributed by atoms with Gasteiger partial charge < -0.3 is 19.3 Å². The number of hydrogen-bond acceptors (Lipinski definition) is 6. The Labute approximate surface area is 195 Å². The van der Waals surface area contributed by atoms with Crippen molar-refractivity contribution in [3.63, 3.8) is 0 Å². The van der Waals surface area contributed by atoms with Crippen LogP contribution in [0.2, 0.25) is 0 Å². The van der Waals surface area contributed by atoms with Gasteiger partial charge in [0.15, 0.2) is 0 Å². The van der Waals surface area contributed by atoms with Gasteiger partial charge in [-0.15, -0.1) is 0 Å². The number of methoxy groups -OCH3 is 1. The van der Waals surface area contributed by atoms with Gasteiger partial charge in [-0.25, -0.2) is 4.79 Å². The van der Waals surface area contributed by atoms with Crippen molar-refractivity contribution in [3.05, 3.63) is 58.1 Å². The van der Waals surface area contributed by atoms with Crippen LogP contribution >= 0.6 is 0 Å². The summed E-state index contributed by atoms with van der Waals surface area (Å²) in [5, 5.41) is 9.31. The zero-order chi connectivity index (χ0) is 23.0. The Balaban J connectivity index is 1.19. The maximum absolute atomic E-state index is 11.8. The van der Waals surface area contributed by atoms with Crippen molar-refractivity contribution in [1.82, 2.24) is 4.90 Å². The van der Waals surface area contributed by atoms with Crippen molar-refractivity contribution in [1.29, 1.82) is 5.26 Å². The number of benzene rings is 2. The Morgan fingerprint density at radius 2 is 1.94 bits per heavy atom. The van der Waals surface area contributed by atoms with E-state index in [2.05, 4.69) is 28.9 Å². The van der Waals surface area contributed by atoms with E-state index in [9.17, 15) is 10.1 Å². The minimum atomic E-state index is -0.191. The molecule has 0 unspecified atom stereocenters. The minimum Gasteiger partial charge on any atom is -0.495 e. The highest BCUT2D eigenvalue weighted by molar-refractivity contribution is 5.93. The molecule has 3 aliphatic heterocycles. The van der Waals surface area contributed by atoms with Gasteiger partial charge in [0, 0.05) is 25.2 Å². The molecule has 0 radical (unpaired) electrons. The van der Waals surface area contributed by atoms with Gasteiger partial charge in [0.2, 0.25) is 0 Å². The molecule has 2 aromatic carbocycles.